The van der Waals surface area contributed by atoms with Crippen LogP contribution in [0.2, 0.25) is 0 Å². The van der Waals surface area contributed by atoms with Crippen molar-refractivity contribution in [2.45, 2.75) is 38.8 Å². The van der Waals surface area contributed by atoms with E-state index in [1.165, 1.54) is 12.1 Å². The van der Waals surface area contributed by atoms with Crippen LogP contribution in [0.1, 0.15) is 27.2 Å². The van der Waals surface area contributed by atoms with Crippen LogP contribution in [0, 0.1) is 0 Å². The number of benzene rings is 1. The van der Waals surface area contributed by atoms with E-state index < -0.39 is 0 Å². The Morgan fingerprint density at radius 1 is 1.31 bits per heavy atom. The van der Waals surface area contributed by atoms with Crippen molar-refractivity contribution < 1.29 is 0 Å². The van der Waals surface area contributed by atoms with E-state index >= 15 is 0 Å². The van der Waals surface area contributed by atoms with Crippen LogP contribution >= 0.6 is 0 Å². The summed E-state index contributed by atoms with van der Waals surface area (Å²) in [6, 6.07) is 11.3. The highest BCUT2D eigenvalue weighted by atomic mass is 15.2. The van der Waals surface area contributed by atoms with Crippen LogP contribution in [0.15, 0.2) is 30.3 Å². The van der Waals surface area contributed by atoms with Gasteiger partial charge in [-0.05, 0) is 39.3 Å². The zero-order valence-electron chi connectivity index (χ0n) is 10.5. The lowest BCUT2D eigenvalue weighted by molar-refractivity contribution is 0.452. The normalized spacial score (nSPS) is 23.3. The third kappa shape index (κ3) is 2.38. The topological polar surface area (TPSA) is 15.3 Å². The first-order valence-electron chi connectivity index (χ1n) is 6.19. The minimum Gasteiger partial charge on any atom is -0.367 e. The summed E-state index contributed by atoms with van der Waals surface area (Å²) in [5, 5.41) is 3.59. The molecule has 1 aromatic rings. The number of likely N-dealkylation sites (N-methyl/N-ethyl adjacent to an activating group) is 1. The van der Waals surface area contributed by atoms with E-state index in [1.54, 1.807) is 0 Å². The molecule has 1 atom stereocenters. The summed E-state index contributed by atoms with van der Waals surface area (Å²) in [5.41, 5.74) is 1.63. The predicted octanol–water partition coefficient (Wildman–Crippen LogP) is 2.65. The largest absolute Gasteiger partial charge is 0.367 e. The van der Waals surface area contributed by atoms with E-state index in [-0.39, 0.29) is 5.54 Å². The number of nitrogens with one attached hydrogen (secondary N) is 1. The molecule has 1 saturated heterocycles. The van der Waals surface area contributed by atoms with E-state index in [4.69, 9.17) is 0 Å². The molecule has 1 unspecified atom stereocenters. The Morgan fingerprint density at radius 2 is 2.00 bits per heavy atom. The van der Waals surface area contributed by atoms with Crippen molar-refractivity contribution in [2.75, 3.05) is 18.0 Å². The molecule has 88 valence electrons. The summed E-state index contributed by atoms with van der Waals surface area (Å²) in [7, 11) is 0. The first kappa shape index (κ1) is 11.5. The summed E-state index contributed by atoms with van der Waals surface area (Å²) in [6.45, 7) is 8.97. The zero-order valence-corrected chi connectivity index (χ0v) is 10.5. The Hall–Kier alpha value is -1.02. The molecule has 0 bridgehead atoms. The lowest BCUT2D eigenvalue weighted by Crippen LogP contribution is -2.36. The second-order valence-electron chi connectivity index (χ2n) is 5.24. The number of para-hydroxylation sites is 1. The van der Waals surface area contributed by atoms with Gasteiger partial charge in [-0.25, -0.2) is 0 Å². The van der Waals surface area contributed by atoms with Gasteiger partial charge in [0.15, 0.2) is 0 Å². The van der Waals surface area contributed by atoms with Crippen molar-refractivity contribution in [3.05, 3.63) is 30.3 Å². The highest BCUT2D eigenvalue weighted by Crippen LogP contribution is 2.26. The summed E-state index contributed by atoms with van der Waals surface area (Å²) < 4.78 is 0. The maximum absolute atomic E-state index is 3.59. The molecule has 0 saturated carbocycles. The molecule has 1 heterocycles. The minimum absolute atomic E-state index is 0.285. The molecule has 0 amide bonds. The van der Waals surface area contributed by atoms with Crippen molar-refractivity contribution in [1.29, 1.82) is 0 Å². The van der Waals surface area contributed by atoms with Gasteiger partial charge in [0.2, 0.25) is 0 Å². The fraction of sp³-hybridized carbons (Fsp3) is 0.571. The smallest absolute Gasteiger partial charge is 0.0431 e. The molecule has 0 aromatic heterocycles. The van der Waals surface area contributed by atoms with E-state index in [0.29, 0.717) is 6.04 Å². The average Bonchev–Trinajstić information content (AvgIpc) is 2.62. The second kappa shape index (κ2) is 4.46. The molecule has 1 aromatic carbocycles. The Bertz CT molecular complexity index is 332. The molecule has 1 aliphatic heterocycles. The van der Waals surface area contributed by atoms with Gasteiger partial charge in [-0.15, -0.1) is 0 Å². The summed E-state index contributed by atoms with van der Waals surface area (Å²) in [6.07, 6.45) is 1.22. The van der Waals surface area contributed by atoms with Crippen molar-refractivity contribution in [3.63, 3.8) is 0 Å². The molecule has 2 nitrogen and oxygen atoms in total. The third-order valence-corrected chi connectivity index (χ3v) is 3.43. The molecule has 1 fully saturated rings. The van der Waals surface area contributed by atoms with Gasteiger partial charge in [0, 0.05) is 30.4 Å². The fourth-order valence-corrected chi connectivity index (χ4v) is 2.62. The number of anilines is 1. The summed E-state index contributed by atoms with van der Waals surface area (Å²) >= 11 is 0. The fourth-order valence-electron chi connectivity index (χ4n) is 2.62. The lowest BCUT2D eigenvalue weighted by atomic mass is 10.0. The van der Waals surface area contributed by atoms with Gasteiger partial charge < -0.3 is 10.2 Å². The van der Waals surface area contributed by atoms with E-state index in [9.17, 15) is 0 Å². The number of hydrogen-bond acceptors (Lipinski definition) is 2. The molecular weight excluding hydrogens is 196 g/mol. The Balaban J connectivity index is 2.13. The second-order valence-corrected chi connectivity index (χ2v) is 5.24. The third-order valence-electron chi connectivity index (χ3n) is 3.43. The molecule has 0 aliphatic carbocycles. The summed E-state index contributed by atoms with van der Waals surface area (Å²) in [4.78, 5) is 2.50. The quantitative estimate of drug-likeness (QED) is 0.839. The van der Waals surface area contributed by atoms with E-state index in [1.807, 2.05) is 0 Å². The standard InChI is InChI=1S/C14H22N2/c1-4-16(12-8-6-5-7-9-12)13-10-14(2,3)15-11-13/h5-9,13,15H,4,10-11H2,1-3H3. The Kier molecular flexibility index (Phi) is 3.20. The maximum atomic E-state index is 3.59. The molecule has 1 N–H and O–H groups in total. The highest BCUT2D eigenvalue weighted by molar-refractivity contribution is 5.47. The van der Waals surface area contributed by atoms with Crippen molar-refractivity contribution in [3.8, 4) is 0 Å². The molecule has 2 rings (SSSR count). The van der Waals surface area contributed by atoms with Gasteiger partial charge in [0.1, 0.15) is 0 Å². The molecule has 0 radical (unpaired) electrons. The van der Waals surface area contributed by atoms with Crippen LogP contribution in [-0.2, 0) is 0 Å². The van der Waals surface area contributed by atoms with Gasteiger partial charge >= 0.3 is 0 Å². The Labute approximate surface area is 98.7 Å². The van der Waals surface area contributed by atoms with E-state index in [2.05, 4.69) is 61.3 Å². The van der Waals surface area contributed by atoms with Crippen molar-refractivity contribution >= 4 is 5.69 Å². The van der Waals surface area contributed by atoms with Crippen LogP contribution < -0.4 is 10.2 Å². The highest BCUT2D eigenvalue weighted by Gasteiger charge is 2.33. The zero-order chi connectivity index (χ0) is 11.6. The monoisotopic (exact) mass is 218 g/mol. The van der Waals surface area contributed by atoms with Crippen molar-refractivity contribution in [1.82, 2.24) is 5.32 Å². The molecular formula is C14H22N2. The lowest BCUT2D eigenvalue weighted by Gasteiger charge is -2.30. The van der Waals surface area contributed by atoms with Crippen LogP contribution in [0.5, 0.6) is 0 Å². The van der Waals surface area contributed by atoms with Gasteiger partial charge in [-0.2, -0.15) is 0 Å². The van der Waals surface area contributed by atoms with Crippen LogP contribution in [-0.4, -0.2) is 24.7 Å². The minimum atomic E-state index is 0.285. The van der Waals surface area contributed by atoms with Crippen LogP contribution in [0.3, 0.4) is 0 Å². The number of hydrogen-bond donors (Lipinski definition) is 1. The summed E-state index contributed by atoms with van der Waals surface area (Å²) in [5.74, 6) is 0. The molecule has 1 aliphatic rings. The number of rotatable bonds is 3. The van der Waals surface area contributed by atoms with Gasteiger partial charge in [-0.1, -0.05) is 18.2 Å². The van der Waals surface area contributed by atoms with Gasteiger partial charge in [0.05, 0.1) is 0 Å². The number of nitrogens with zero attached hydrogens (tertiary/aromatic N) is 1. The average molecular weight is 218 g/mol. The van der Waals surface area contributed by atoms with E-state index in [0.717, 1.165) is 13.1 Å². The molecule has 0 spiro atoms. The van der Waals surface area contributed by atoms with Gasteiger partial charge in [0.25, 0.3) is 0 Å². The van der Waals surface area contributed by atoms with Crippen LogP contribution in [0.25, 0.3) is 0 Å². The van der Waals surface area contributed by atoms with Gasteiger partial charge in [-0.3, -0.25) is 0 Å². The Morgan fingerprint density at radius 3 is 2.50 bits per heavy atom. The first-order valence-corrected chi connectivity index (χ1v) is 6.19. The molecule has 2 heteroatoms. The van der Waals surface area contributed by atoms with Crippen molar-refractivity contribution in [2.24, 2.45) is 0 Å². The van der Waals surface area contributed by atoms with Crippen LogP contribution in [0.4, 0.5) is 5.69 Å². The maximum Gasteiger partial charge on any atom is 0.0431 e. The first-order chi connectivity index (χ1) is 7.62. The predicted molar refractivity (Wildman–Crippen MR) is 69.9 cm³/mol. The SMILES string of the molecule is CCN(c1ccccc1)C1CNC(C)(C)C1. The molecule has 16 heavy (non-hydrogen) atoms.